The van der Waals surface area contributed by atoms with Gasteiger partial charge in [-0.1, -0.05) is 15.9 Å². The fraction of sp³-hybridized carbons (Fsp3) is 0.684. The lowest BCUT2D eigenvalue weighted by molar-refractivity contribution is 0.117. The molecule has 1 aliphatic heterocycles. The van der Waals surface area contributed by atoms with Gasteiger partial charge >= 0.3 is 6.09 Å². The highest BCUT2D eigenvalue weighted by atomic mass is 79.9. The van der Waals surface area contributed by atoms with Gasteiger partial charge in [0.2, 0.25) is 0 Å². The number of halogens is 1. The van der Waals surface area contributed by atoms with Gasteiger partial charge in [-0.3, -0.25) is 4.98 Å². The Morgan fingerprint density at radius 1 is 1.56 bits per heavy atom. The van der Waals surface area contributed by atoms with E-state index in [-0.39, 0.29) is 22.2 Å². The Bertz CT molecular complexity index is 666. The zero-order chi connectivity index (χ0) is 20.4. The summed E-state index contributed by atoms with van der Waals surface area (Å²) in [5.74, 6) is 0.288. The summed E-state index contributed by atoms with van der Waals surface area (Å²) in [7, 11) is 0. The number of hydrogen-bond donors (Lipinski definition) is 2. The average molecular weight is 460 g/mol. The molecule has 1 aromatic rings. The van der Waals surface area contributed by atoms with Crippen LogP contribution in [0.1, 0.15) is 65.6 Å². The minimum Gasteiger partial charge on any atom is -0.598 e. The van der Waals surface area contributed by atoms with Crippen molar-refractivity contribution in [3.63, 3.8) is 0 Å². The number of carbonyl (C=O) groups is 1. The molecule has 0 spiro atoms. The number of amides is 1. The highest BCUT2D eigenvalue weighted by Gasteiger charge is 2.41. The largest absolute Gasteiger partial charge is 0.598 e. The quantitative estimate of drug-likeness (QED) is 0.611. The maximum Gasteiger partial charge on any atom is 0.407 e. The molecule has 1 aromatic heterocycles. The molecule has 2 heterocycles. The molecule has 1 amide bonds. The summed E-state index contributed by atoms with van der Waals surface area (Å²) in [5, 5.41) is 9.42. The van der Waals surface area contributed by atoms with Crippen LogP contribution < -0.4 is 4.72 Å². The van der Waals surface area contributed by atoms with E-state index in [1.165, 1.54) is 4.90 Å². The van der Waals surface area contributed by atoms with Gasteiger partial charge in [0.05, 0.1) is 11.7 Å². The first-order valence-corrected chi connectivity index (χ1v) is 11.1. The normalized spacial score (nSPS) is 21.9. The molecular weight excluding hydrogens is 430 g/mol. The van der Waals surface area contributed by atoms with Crippen LogP contribution >= 0.6 is 15.9 Å². The Kier molecular flexibility index (Phi) is 7.22. The molecule has 1 aliphatic rings. The van der Waals surface area contributed by atoms with Gasteiger partial charge in [0.1, 0.15) is 4.75 Å². The van der Waals surface area contributed by atoms with Gasteiger partial charge in [-0.2, -0.15) is 0 Å². The molecule has 2 rings (SSSR count). The third-order valence-electron chi connectivity index (χ3n) is 4.96. The van der Waals surface area contributed by atoms with Crippen molar-refractivity contribution >= 4 is 33.4 Å². The van der Waals surface area contributed by atoms with E-state index in [0.717, 1.165) is 29.4 Å². The fourth-order valence-corrected chi connectivity index (χ4v) is 4.71. The molecule has 8 heteroatoms. The van der Waals surface area contributed by atoms with Crippen molar-refractivity contribution in [3.05, 3.63) is 28.5 Å². The third kappa shape index (κ3) is 6.07. The molecule has 2 N–H and O–H groups in total. The second-order valence-electron chi connectivity index (χ2n) is 8.80. The van der Waals surface area contributed by atoms with Crippen LogP contribution in [0.3, 0.4) is 0 Å². The van der Waals surface area contributed by atoms with Crippen LogP contribution in [0.25, 0.3) is 0 Å². The Labute approximate surface area is 173 Å². The van der Waals surface area contributed by atoms with E-state index in [1.54, 1.807) is 6.20 Å². The average Bonchev–Trinajstić information content (AvgIpc) is 2.85. The van der Waals surface area contributed by atoms with Crippen molar-refractivity contribution in [2.45, 2.75) is 70.2 Å². The second kappa shape index (κ2) is 8.68. The summed E-state index contributed by atoms with van der Waals surface area (Å²) in [6.07, 6.45) is 3.30. The van der Waals surface area contributed by atoms with Crippen molar-refractivity contribution in [3.8, 4) is 0 Å². The van der Waals surface area contributed by atoms with E-state index in [4.69, 9.17) is 0 Å². The predicted octanol–water partition coefficient (Wildman–Crippen LogP) is 4.50. The molecular formula is C19H30BrN3O3S. The van der Waals surface area contributed by atoms with E-state index in [1.807, 2.05) is 46.8 Å². The Morgan fingerprint density at radius 3 is 2.74 bits per heavy atom. The van der Waals surface area contributed by atoms with Crippen LogP contribution in [-0.4, -0.2) is 42.5 Å². The Morgan fingerprint density at radius 2 is 2.22 bits per heavy atom. The zero-order valence-corrected chi connectivity index (χ0v) is 19.1. The summed E-state index contributed by atoms with van der Waals surface area (Å²) in [6, 6.07) is 3.66. The van der Waals surface area contributed by atoms with E-state index < -0.39 is 17.5 Å². The molecule has 0 radical (unpaired) electrons. The number of pyridine rings is 1. The van der Waals surface area contributed by atoms with E-state index in [2.05, 4.69) is 25.6 Å². The standard InChI is InChI=1S/C19H30BrN3O3S/c1-18(2,3)27(26)22-15(16-10-14(20)8-9-21-16)7-6-13-11-19(4,5)23(12-13)17(24)25/h8-10,13,15,22H,6-7,11-12H2,1-5H3,(H,24,25)/t13-,15?,27?/m0/s1. The monoisotopic (exact) mass is 459 g/mol. The first-order valence-electron chi connectivity index (χ1n) is 9.20. The van der Waals surface area contributed by atoms with E-state index in [9.17, 15) is 14.5 Å². The number of hydrogen-bond acceptors (Lipinski definition) is 4. The van der Waals surface area contributed by atoms with Crippen molar-refractivity contribution in [2.75, 3.05) is 6.54 Å². The van der Waals surface area contributed by atoms with Crippen LogP contribution in [0.5, 0.6) is 0 Å². The fourth-order valence-electron chi connectivity index (χ4n) is 3.50. The lowest BCUT2D eigenvalue weighted by Crippen LogP contribution is -2.41. The number of aromatic nitrogens is 1. The van der Waals surface area contributed by atoms with Crippen LogP contribution in [0, 0.1) is 5.92 Å². The molecule has 1 fully saturated rings. The van der Waals surface area contributed by atoms with Crippen molar-refractivity contribution in [1.29, 1.82) is 0 Å². The molecule has 0 saturated carbocycles. The predicted molar refractivity (Wildman–Crippen MR) is 112 cm³/mol. The molecule has 152 valence electrons. The number of nitrogens with one attached hydrogen (secondary N) is 1. The van der Waals surface area contributed by atoms with Crippen LogP contribution in [-0.2, 0) is 11.4 Å². The summed E-state index contributed by atoms with van der Waals surface area (Å²) in [4.78, 5) is 17.5. The summed E-state index contributed by atoms with van der Waals surface area (Å²) >= 11 is 2.26. The smallest absolute Gasteiger partial charge is 0.407 e. The number of likely N-dealkylation sites (tertiary alicyclic amines) is 1. The highest BCUT2D eigenvalue weighted by molar-refractivity contribution is 9.10. The van der Waals surface area contributed by atoms with Gasteiger partial charge in [-0.25, -0.2) is 4.79 Å². The van der Waals surface area contributed by atoms with E-state index >= 15 is 0 Å². The van der Waals surface area contributed by atoms with Gasteiger partial charge in [0.15, 0.2) is 0 Å². The van der Waals surface area contributed by atoms with Crippen LogP contribution in [0.4, 0.5) is 4.79 Å². The van der Waals surface area contributed by atoms with E-state index in [0.29, 0.717) is 6.54 Å². The molecule has 0 aliphatic carbocycles. The van der Waals surface area contributed by atoms with Crippen LogP contribution in [0.15, 0.2) is 22.8 Å². The third-order valence-corrected chi connectivity index (χ3v) is 7.06. The maximum absolute atomic E-state index is 12.6. The van der Waals surface area contributed by atoms with Gasteiger partial charge in [0, 0.05) is 34.1 Å². The lowest BCUT2D eigenvalue weighted by atomic mass is 9.91. The second-order valence-corrected chi connectivity index (χ2v) is 11.7. The summed E-state index contributed by atoms with van der Waals surface area (Å²) in [5.41, 5.74) is 0.496. The molecule has 2 unspecified atom stereocenters. The van der Waals surface area contributed by atoms with Crippen molar-refractivity contribution in [1.82, 2.24) is 14.6 Å². The summed E-state index contributed by atoms with van der Waals surface area (Å²) < 4.78 is 16.4. The van der Waals surface area contributed by atoms with Gasteiger partial charge < -0.3 is 14.6 Å². The molecule has 27 heavy (non-hydrogen) atoms. The van der Waals surface area contributed by atoms with Crippen LogP contribution in [0.2, 0.25) is 0 Å². The number of nitrogens with zero attached hydrogens (tertiary/aromatic N) is 2. The van der Waals surface area contributed by atoms with Gasteiger partial charge in [0.25, 0.3) is 0 Å². The Hall–Kier alpha value is -0.830. The minimum absolute atomic E-state index is 0.149. The molecule has 3 atom stereocenters. The highest BCUT2D eigenvalue weighted by Crippen LogP contribution is 2.36. The Balaban J connectivity index is 2.10. The topological polar surface area (TPSA) is 88.5 Å². The number of rotatable bonds is 6. The summed E-state index contributed by atoms with van der Waals surface area (Å²) in [6.45, 7) is 10.3. The zero-order valence-electron chi connectivity index (χ0n) is 16.7. The molecule has 6 nitrogen and oxygen atoms in total. The minimum atomic E-state index is -1.22. The lowest BCUT2D eigenvalue weighted by Gasteiger charge is -2.28. The molecule has 1 saturated heterocycles. The molecule has 0 aromatic carbocycles. The number of carboxylic acid groups (broad SMARTS) is 1. The van der Waals surface area contributed by atoms with Gasteiger partial charge in [-0.15, -0.1) is 4.72 Å². The SMILES string of the molecule is CC1(C)C[C@H](CCC(N[S+]([O-])C(C)(C)C)c2cc(Br)ccn2)CN1C(=O)O. The van der Waals surface area contributed by atoms with Crippen molar-refractivity contribution < 1.29 is 14.5 Å². The first kappa shape index (κ1) is 22.5. The first-order chi connectivity index (χ1) is 12.4. The maximum atomic E-state index is 12.6. The van der Waals surface area contributed by atoms with Crippen molar-refractivity contribution in [2.24, 2.45) is 5.92 Å². The van der Waals surface area contributed by atoms with Gasteiger partial charge in [-0.05, 0) is 71.9 Å². The molecule has 0 bridgehead atoms.